The number of rotatable bonds is 2. The van der Waals surface area contributed by atoms with E-state index in [-0.39, 0.29) is 29.0 Å². The normalized spacial score (nSPS) is 19.2. The van der Waals surface area contributed by atoms with Crippen molar-refractivity contribution in [3.8, 4) is 5.75 Å². The summed E-state index contributed by atoms with van der Waals surface area (Å²) in [6.07, 6.45) is 1.48. The van der Waals surface area contributed by atoms with Crippen molar-refractivity contribution < 1.29 is 14.7 Å². The van der Waals surface area contributed by atoms with E-state index in [4.69, 9.17) is 5.73 Å². The number of phenols is 1. The second-order valence-electron chi connectivity index (χ2n) is 4.96. The summed E-state index contributed by atoms with van der Waals surface area (Å²) in [5, 5.41) is 9.93. The average molecular weight is 262 g/mol. The number of carbonyl (C=O) groups excluding carboxylic acids is 2. The molecule has 1 unspecified atom stereocenters. The lowest BCUT2D eigenvalue weighted by atomic mass is 9.96. The standard InChI is InChI=1S/C14H18N2O3/c1-9-4-2-6-11(12(9)17)14(19)16-7-3-5-10(8-16)13(15)18/h2,4,6,10,17H,3,5,7-8H2,1H3,(H2,15,18). The highest BCUT2D eigenvalue weighted by Crippen LogP contribution is 2.25. The Morgan fingerprint density at radius 1 is 1.42 bits per heavy atom. The van der Waals surface area contributed by atoms with E-state index in [1.54, 1.807) is 30.0 Å². The molecule has 19 heavy (non-hydrogen) atoms. The van der Waals surface area contributed by atoms with Crippen LogP contribution >= 0.6 is 0 Å². The van der Waals surface area contributed by atoms with E-state index in [0.29, 0.717) is 18.7 Å². The first-order valence-electron chi connectivity index (χ1n) is 6.38. The lowest BCUT2D eigenvalue weighted by molar-refractivity contribution is -0.123. The van der Waals surface area contributed by atoms with Gasteiger partial charge in [-0.2, -0.15) is 0 Å². The Bertz CT molecular complexity index is 513. The quantitative estimate of drug-likeness (QED) is 0.835. The number of nitrogens with two attached hydrogens (primary N) is 1. The number of likely N-dealkylation sites (tertiary alicyclic amines) is 1. The van der Waals surface area contributed by atoms with Gasteiger partial charge in [-0.1, -0.05) is 12.1 Å². The number of benzene rings is 1. The fraction of sp³-hybridized carbons (Fsp3) is 0.429. The molecular weight excluding hydrogens is 244 g/mol. The Labute approximate surface area is 112 Å². The molecule has 0 saturated carbocycles. The van der Waals surface area contributed by atoms with Crippen LogP contribution in [0.2, 0.25) is 0 Å². The second kappa shape index (κ2) is 5.30. The first-order chi connectivity index (χ1) is 9.00. The van der Waals surface area contributed by atoms with Gasteiger partial charge < -0.3 is 15.7 Å². The molecule has 0 radical (unpaired) electrons. The third-order valence-electron chi connectivity index (χ3n) is 3.58. The Morgan fingerprint density at radius 2 is 2.16 bits per heavy atom. The lowest BCUT2D eigenvalue weighted by Crippen LogP contribution is -2.44. The molecule has 1 aromatic carbocycles. The number of phenolic OH excluding ortho intramolecular Hbond substituents is 1. The molecule has 1 saturated heterocycles. The van der Waals surface area contributed by atoms with Gasteiger partial charge in [0.2, 0.25) is 5.91 Å². The van der Waals surface area contributed by atoms with Gasteiger partial charge in [0.05, 0.1) is 11.5 Å². The molecule has 3 N–H and O–H groups in total. The maximum Gasteiger partial charge on any atom is 0.257 e. The summed E-state index contributed by atoms with van der Waals surface area (Å²) in [6.45, 7) is 2.67. The van der Waals surface area contributed by atoms with Crippen LogP contribution in [-0.2, 0) is 4.79 Å². The fourth-order valence-corrected chi connectivity index (χ4v) is 2.40. The summed E-state index contributed by atoms with van der Waals surface area (Å²) in [5.74, 6) is -0.892. The molecule has 2 amide bonds. The molecule has 0 aliphatic carbocycles. The van der Waals surface area contributed by atoms with Gasteiger partial charge in [0, 0.05) is 13.1 Å². The molecule has 2 rings (SSSR count). The zero-order chi connectivity index (χ0) is 14.0. The van der Waals surface area contributed by atoms with Crippen LogP contribution in [0, 0.1) is 12.8 Å². The molecule has 5 nitrogen and oxygen atoms in total. The van der Waals surface area contributed by atoms with Crippen molar-refractivity contribution in [3.63, 3.8) is 0 Å². The number of hydrogen-bond donors (Lipinski definition) is 2. The van der Waals surface area contributed by atoms with Gasteiger partial charge in [0.25, 0.3) is 5.91 Å². The highest BCUT2D eigenvalue weighted by molar-refractivity contribution is 5.97. The van der Waals surface area contributed by atoms with Gasteiger partial charge in [-0.25, -0.2) is 0 Å². The summed E-state index contributed by atoms with van der Waals surface area (Å²) in [7, 11) is 0. The lowest BCUT2D eigenvalue weighted by Gasteiger charge is -2.31. The molecule has 1 atom stereocenters. The summed E-state index contributed by atoms with van der Waals surface area (Å²) in [5.41, 5.74) is 6.24. The van der Waals surface area contributed by atoms with Crippen LogP contribution in [0.15, 0.2) is 18.2 Å². The SMILES string of the molecule is Cc1cccc(C(=O)N2CCCC(C(N)=O)C2)c1O. The Hall–Kier alpha value is -2.04. The van der Waals surface area contributed by atoms with Gasteiger partial charge in [-0.3, -0.25) is 9.59 Å². The summed E-state index contributed by atoms with van der Waals surface area (Å²) < 4.78 is 0. The van der Waals surface area contributed by atoms with Crippen molar-refractivity contribution in [1.29, 1.82) is 0 Å². The predicted molar refractivity (Wildman–Crippen MR) is 70.7 cm³/mol. The van der Waals surface area contributed by atoms with Gasteiger partial charge in [-0.15, -0.1) is 0 Å². The van der Waals surface area contributed by atoms with Crippen LogP contribution in [0.4, 0.5) is 0 Å². The molecule has 5 heteroatoms. The highest BCUT2D eigenvalue weighted by atomic mass is 16.3. The minimum Gasteiger partial charge on any atom is -0.507 e. The van der Waals surface area contributed by atoms with Crippen molar-refractivity contribution >= 4 is 11.8 Å². The number of aromatic hydroxyl groups is 1. The molecule has 0 bridgehead atoms. The molecule has 102 valence electrons. The first-order valence-corrected chi connectivity index (χ1v) is 6.38. The topological polar surface area (TPSA) is 83.6 Å². The molecule has 0 spiro atoms. The van der Waals surface area contributed by atoms with Crippen molar-refractivity contribution in [2.75, 3.05) is 13.1 Å². The highest BCUT2D eigenvalue weighted by Gasteiger charge is 2.28. The van der Waals surface area contributed by atoms with Crippen molar-refractivity contribution in [2.45, 2.75) is 19.8 Å². The van der Waals surface area contributed by atoms with E-state index < -0.39 is 0 Å². The predicted octanol–water partition coefficient (Wildman–Crippen LogP) is 1.04. The first kappa shape index (κ1) is 13.4. The molecule has 1 fully saturated rings. The third-order valence-corrected chi connectivity index (χ3v) is 3.58. The third kappa shape index (κ3) is 2.70. The minimum absolute atomic E-state index is 0.00805. The molecule has 1 heterocycles. The van der Waals surface area contributed by atoms with E-state index in [0.717, 1.165) is 12.8 Å². The number of hydrogen-bond acceptors (Lipinski definition) is 3. The Kier molecular flexibility index (Phi) is 3.74. The molecule has 0 aromatic heterocycles. The van der Waals surface area contributed by atoms with Crippen LogP contribution in [0.3, 0.4) is 0 Å². The largest absolute Gasteiger partial charge is 0.507 e. The molecule has 1 aliphatic heterocycles. The minimum atomic E-state index is -0.369. The number of primary amides is 1. The van der Waals surface area contributed by atoms with Gasteiger partial charge in [0.15, 0.2) is 0 Å². The summed E-state index contributed by atoms with van der Waals surface area (Å²) in [4.78, 5) is 25.2. The van der Waals surface area contributed by atoms with Gasteiger partial charge in [0.1, 0.15) is 5.75 Å². The van der Waals surface area contributed by atoms with E-state index in [2.05, 4.69) is 0 Å². The zero-order valence-electron chi connectivity index (χ0n) is 10.9. The van der Waals surface area contributed by atoms with Crippen LogP contribution in [0.25, 0.3) is 0 Å². The molecule has 1 aromatic rings. The number of carbonyl (C=O) groups is 2. The number of nitrogens with zero attached hydrogens (tertiary/aromatic N) is 1. The summed E-state index contributed by atoms with van der Waals surface area (Å²) in [6, 6.07) is 5.07. The summed E-state index contributed by atoms with van der Waals surface area (Å²) >= 11 is 0. The number of amides is 2. The second-order valence-corrected chi connectivity index (χ2v) is 4.96. The zero-order valence-corrected chi connectivity index (χ0v) is 10.9. The van der Waals surface area contributed by atoms with Crippen LogP contribution in [0.5, 0.6) is 5.75 Å². The van der Waals surface area contributed by atoms with Crippen LogP contribution < -0.4 is 5.73 Å². The molecular formula is C14H18N2O3. The van der Waals surface area contributed by atoms with Crippen molar-refractivity contribution in [2.24, 2.45) is 11.7 Å². The monoisotopic (exact) mass is 262 g/mol. The van der Waals surface area contributed by atoms with Crippen LogP contribution in [0.1, 0.15) is 28.8 Å². The van der Waals surface area contributed by atoms with Gasteiger partial charge in [-0.05, 0) is 31.4 Å². The maximum absolute atomic E-state index is 12.4. The Morgan fingerprint density at radius 3 is 2.84 bits per heavy atom. The maximum atomic E-state index is 12.4. The van der Waals surface area contributed by atoms with Crippen molar-refractivity contribution in [1.82, 2.24) is 4.90 Å². The van der Waals surface area contributed by atoms with Gasteiger partial charge >= 0.3 is 0 Å². The molecule has 1 aliphatic rings. The Balaban J connectivity index is 2.19. The number of piperidine rings is 1. The van der Waals surface area contributed by atoms with E-state index in [9.17, 15) is 14.7 Å². The number of aryl methyl sites for hydroxylation is 1. The average Bonchev–Trinajstić information content (AvgIpc) is 2.41. The van der Waals surface area contributed by atoms with Crippen LogP contribution in [-0.4, -0.2) is 34.9 Å². The van der Waals surface area contributed by atoms with Crippen molar-refractivity contribution in [3.05, 3.63) is 29.3 Å². The number of para-hydroxylation sites is 1. The van der Waals surface area contributed by atoms with E-state index >= 15 is 0 Å². The smallest absolute Gasteiger partial charge is 0.257 e. The fourth-order valence-electron chi connectivity index (χ4n) is 2.40. The van der Waals surface area contributed by atoms with E-state index in [1.807, 2.05) is 0 Å². The van der Waals surface area contributed by atoms with E-state index in [1.165, 1.54) is 0 Å².